The van der Waals surface area contributed by atoms with Crippen LogP contribution in [0.15, 0.2) is 0 Å². The SMILES string of the molecule is Cc1nnc(N2C[C@@H]3CCN(C)C[C@]3(C(=O)O)C2)s1. The van der Waals surface area contributed by atoms with E-state index in [2.05, 4.69) is 20.0 Å². The summed E-state index contributed by atoms with van der Waals surface area (Å²) in [5.41, 5.74) is -0.646. The van der Waals surface area contributed by atoms with Crippen LogP contribution in [0, 0.1) is 18.3 Å². The standard InChI is InChI=1S/C12H18N4O2S/c1-8-13-14-11(19-8)16-5-9-3-4-15(2)6-12(9,7-16)10(17)18/h9H,3-7H2,1-2H3,(H,17,18)/t9-,12-/m0/s1. The van der Waals surface area contributed by atoms with Crippen molar-refractivity contribution in [1.82, 2.24) is 15.1 Å². The highest BCUT2D eigenvalue weighted by Gasteiger charge is 2.55. The second-order valence-electron chi connectivity index (χ2n) is 5.67. The zero-order chi connectivity index (χ0) is 13.6. The number of aliphatic carboxylic acids is 1. The van der Waals surface area contributed by atoms with Crippen LogP contribution in [-0.4, -0.2) is 59.4 Å². The third-order valence-corrected chi connectivity index (χ3v) is 5.22. The Hall–Kier alpha value is -1.21. The molecule has 0 aliphatic carbocycles. The first-order chi connectivity index (χ1) is 9.01. The molecule has 6 nitrogen and oxygen atoms in total. The molecule has 2 aliphatic heterocycles. The minimum atomic E-state index is -0.673. The van der Waals surface area contributed by atoms with E-state index in [0.29, 0.717) is 13.1 Å². The van der Waals surface area contributed by atoms with Crippen LogP contribution < -0.4 is 4.90 Å². The van der Waals surface area contributed by atoms with Gasteiger partial charge in [-0.2, -0.15) is 0 Å². The Balaban J connectivity index is 1.89. The Morgan fingerprint density at radius 1 is 1.47 bits per heavy atom. The summed E-state index contributed by atoms with van der Waals surface area (Å²) in [5, 5.41) is 19.7. The van der Waals surface area contributed by atoms with Crippen molar-refractivity contribution in [3.05, 3.63) is 5.01 Å². The number of carboxylic acid groups (broad SMARTS) is 1. The molecular weight excluding hydrogens is 264 g/mol. The third kappa shape index (κ3) is 2.01. The van der Waals surface area contributed by atoms with Gasteiger partial charge in [0.25, 0.3) is 0 Å². The van der Waals surface area contributed by atoms with Crippen LogP contribution >= 0.6 is 11.3 Å². The molecule has 2 atom stereocenters. The molecule has 0 bridgehead atoms. The van der Waals surface area contributed by atoms with Gasteiger partial charge in [0.05, 0.1) is 0 Å². The Labute approximate surface area is 116 Å². The lowest BCUT2D eigenvalue weighted by atomic mass is 9.73. The molecule has 1 aromatic heterocycles. The van der Waals surface area contributed by atoms with E-state index in [1.165, 1.54) is 11.3 Å². The van der Waals surface area contributed by atoms with Gasteiger partial charge in [0, 0.05) is 19.6 Å². The Morgan fingerprint density at radius 2 is 2.26 bits per heavy atom. The van der Waals surface area contributed by atoms with Gasteiger partial charge in [-0.3, -0.25) is 4.79 Å². The van der Waals surface area contributed by atoms with E-state index >= 15 is 0 Å². The number of hydrogen-bond acceptors (Lipinski definition) is 6. The molecule has 2 saturated heterocycles. The van der Waals surface area contributed by atoms with E-state index in [1.807, 2.05) is 14.0 Å². The van der Waals surface area contributed by atoms with Gasteiger partial charge in [0.15, 0.2) is 0 Å². The summed E-state index contributed by atoms with van der Waals surface area (Å²) in [6, 6.07) is 0. The molecule has 104 valence electrons. The number of carbonyl (C=O) groups is 1. The summed E-state index contributed by atoms with van der Waals surface area (Å²) in [5.74, 6) is -0.460. The highest BCUT2D eigenvalue weighted by Crippen LogP contribution is 2.44. The average Bonchev–Trinajstić information content (AvgIpc) is 2.92. The van der Waals surface area contributed by atoms with Crippen LogP contribution in [0.5, 0.6) is 0 Å². The summed E-state index contributed by atoms with van der Waals surface area (Å²) in [6.07, 6.45) is 0.942. The van der Waals surface area contributed by atoms with Crippen molar-refractivity contribution in [3.8, 4) is 0 Å². The predicted octanol–water partition coefficient (Wildman–Crippen LogP) is 0.689. The summed E-state index contributed by atoms with van der Waals surface area (Å²) >= 11 is 1.54. The quantitative estimate of drug-likeness (QED) is 0.860. The largest absolute Gasteiger partial charge is 0.481 e. The van der Waals surface area contributed by atoms with Gasteiger partial charge < -0.3 is 14.9 Å². The van der Waals surface area contributed by atoms with Gasteiger partial charge in [-0.05, 0) is 32.9 Å². The molecule has 0 unspecified atom stereocenters. The van der Waals surface area contributed by atoms with Crippen molar-refractivity contribution in [1.29, 1.82) is 0 Å². The maximum absolute atomic E-state index is 11.8. The smallest absolute Gasteiger partial charge is 0.313 e. The van der Waals surface area contributed by atoms with Crippen molar-refractivity contribution in [2.75, 3.05) is 38.1 Å². The van der Waals surface area contributed by atoms with Crippen molar-refractivity contribution < 1.29 is 9.90 Å². The van der Waals surface area contributed by atoms with E-state index in [4.69, 9.17) is 0 Å². The van der Waals surface area contributed by atoms with Gasteiger partial charge in [-0.25, -0.2) is 0 Å². The van der Waals surface area contributed by atoms with E-state index < -0.39 is 11.4 Å². The molecule has 0 spiro atoms. The number of aromatic nitrogens is 2. The number of piperidine rings is 1. The van der Waals surface area contributed by atoms with E-state index in [-0.39, 0.29) is 5.92 Å². The normalized spacial score (nSPS) is 31.5. The van der Waals surface area contributed by atoms with E-state index in [1.54, 1.807) is 0 Å². The number of rotatable bonds is 2. The average molecular weight is 282 g/mol. The lowest BCUT2D eigenvalue weighted by molar-refractivity contribution is -0.153. The lowest BCUT2D eigenvalue weighted by Gasteiger charge is -2.39. The fourth-order valence-corrected chi connectivity index (χ4v) is 4.02. The maximum atomic E-state index is 11.8. The monoisotopic (exact) mass is 282 g/mol. The number of likely N-dealkylation sites (tertiary alicyclic amines) is 1. The van der Waals surface area contributed by atoms with Crippen LogP contribution in [0.1, 0.15) is 11.4 Å². The molecule has 7 heteroatoms. The van der Waals surface area contributed by atoms with Crippen LogP contribution in [0.4, 0.5) is 5.13 Å². The topological polar surface area (TPSA) is 69.6 Å². The molecule has 2 fully saturated rings. The second kappa shape index (κ2) is 4.42. The van der Waals surface area contributed by atoms with Crippen molar-refractivity contribution in [2.45, 2.75) is 13.3 Å². The van der Waals surface area contributed by atoms with Gasteiger partial charge in [0.2, 0.25) is 5.13 Å². The summed E-state index contributed by atoms with van der Waals surface area (Å²) in [7, 11) is 2.00. The van der Waals surface area contributed by atoms with Gasteiger partial charge >= 0.3 is 5.97 Å². The van der Waals surface area contributed by atoms with Crippen LogP contribution in [0.25, 0.3) is 0 Å². The lowest BCUT2D eigenvalue weighted by Crippen LogP contribution is -2.52. The molecule has 0 amide bonds. The first-order valence-electron chi connectivity index (χ1n) is 6.48. The van der Waals surface area contributed by atoms with Crippen LogP contribution in [-0.2, 0) is 4.79 Å². The summed E-state index contributed by atoms with van der Waals surface area (Å²) in [4.78, 5) is 16.0. The van der Waals surface area contributed by atoms with Crippen LogP contribution in [0.3, 0.4) is 0 Å². The highest BCUT2D eigenvalue weighted by molar-refractivity contribution is 7.15. The van der Waals surface area contributed by atoms with Crippen molar-refractivity contribution in [3.63, 3.8) is 0 Å². The number of fused-ring (bicyclic) bond motifs is 1. The molecule has 1 N–H and O–H groups in total. The first kappa shape index (κ1) is 12.8. The zero-order valence-corrected chi connectivity index (χ0v) is 12.0. The molecule has 0 saturated carbocycles. The van der Waals surface area contributed by atoms with Gasteiger partial charge in [0.1, 0.15) is 10.4 Å². The Kier molecular flexibility index (Phi) is 2.98. The maximum Gasteiger partial charge on any atom is 0.313 e. The second-order valence-corrected chi connectivity index (χ2v) is 6.83. The fourth-order valence-electron chi connectivity index (χ4n) is 3.33. The van der Waals surface area contributed by atoms with Crippen molar-refractivity contribution in [2.24, 2.45) is 11.3 Å². The van der Waals surface area contributed by atoms with E-state index in [9.17, 15) is 9.90 Å². The minimum absolute atomic E-state index is 0.213. The molecule has 2 aliphatic rings. The predicted molar refractivity (Wildman–Crippen MR) is 72.5 cm³/mol. The van der Waals surface area contributed by atoms with Crippen molar-refractivity contribution >= 4 is 22.4 Å². The Bertz CT molecular complexity index is 506. The third-order valence-electron chi connectivity index (χ3n) is 4.32. The first-order valence-corrected chi connectivity index (χ1v) is 7.30. The minimum Gasteiger partial charge on any atom is -0.481 e. The Morgan fingerprint density at radius 3 is 2.89 bits per heavy atom. The number of aryl methyl sites for hydroxylation is 1. The highest BCUT2D eigenvalue weighted by atomic mass is 32.1. The molecule has 0 aromatic carbocycles. The molecule has 19 heavy (non-hydrogen) atoms. The fraction of sp³-hybridized carbons (Fsp3) is 0.750. The molecule has 3 heterocycles. The van der Waals surface area contributed by atoms with Crippen LogP contribution in [0.2, 0.25) is 0 Å². The molecule has 3 rings (SSSR count). The van der Waals surface area contributed by atoms with Gasteiger partial charge in [-0.1, -0.05) is 11.3 Å². The number of nitrogens with zero attached hydrogens (tertiary/aromatic N) is 4. The molecule has 0 radical (unpaired) electrons. The molecular formula is C12H18N4O2S. The molecule has 1 aromatic rings. The zero-order valence-electron chi connectivity index (χ0n) is 11.2. The van der Waals surface area contributed by atoms with E-state index in [0.717, 1.165) is 29.6 Å². The summed E-state index contributed by atoms with van der Waals surface area (Å²) < 4.78 is 0. The van der Waals surface area contributed by atoms with Gasteiger partial charge in [-0.15, -0.1) is 10.2 Å². The summed E-state index contributed by atoms with van der Waals surface area (Å²) in [6.45, 7) is 4.86. The number of anilines is 1. The number of carboxylic acids is 1. The number of hydrogen-bond donors (Lipinski definition) is 1.